The molecule has 0 radical (unpaired) electrons. The largest absolute Gasteiger partial charge is 0.351 e. The fraction of sp³-hybridized carbons (Fsp3) is 0.385. The Kier molecular flexibility index (Phi) is 4.02. The molecule has 5 heteroatoms. The number of carbonyl (C=O) groups excluding carboxylic acids is 1. The van der Waals surface area contributed by atoms with E-state index in [1.54, 1.807) is 20.8 Å². The molecule has 3 nitrogen and oxygen atoms in total. The van der Waals surface area contributed by atoms with Crippen LogP contribution in [0, 0.1) is 28.4 Å². The summed E-state index contributed by atoms with van der Waals surface area (Å²) in [6, 6.07) is 3.69. The Morgan fingerprint density at radius 1 is 1.39 bits per heavy atom. The maximum Gasteiger partial charge on any atom is 0.225 e. The van der Waals surface area contributed by atoms with Crippen molar-refractivity contribution >= 4 is 5.91 Å². The highest BCUT2D eigenvalue weighted by Gasteiger charge is 2.21. The van der Waals surface area contributed by atoms with Gasteiger partial charge < -0.3 is 5.32 Å². The Morgan fingerprint density at radius 3 is 2.50 bits per heavy atom. The van der Waals surface area contributed by atoms with E-state index < -0.39 is 22.6 Å². The van der Waals surface area contributed by atoms with Gasteiger partial charge in [0.1, 0.15) is 23.3 Å². The Bertz CT molecular complexity index is 513. The van der Waals surface area contributed by atoms with E-state index >= 15 is 0 Å². The lowest BCUT2D eigenvalue weighted by molar-refractivity contribution is -0.128. The van der Waals surface area contributed by atoms with Crippen LogP contribution in [0.2, 0.25) is 0 Å². The summed E-state index contributed by atoms with van der Waals surface area (Å²) in [6.45, 7) is 5.11. The van der Waals surface area contributed by atoms with Gasteiger partial charge in [0.25, 0.3) is 0 Å². The van der Waals surface area contributed by atoms with E-state index in [0.29, 0.717) is 0 Å². The number of carbonyl (C=O) groups is 1. The molecular weight excluding hydrogens is 238 g/mol. The molecule has 0 spiro atoms. The molecule has 0 aliphatic rings. The molecule has 0 bridgehead atoms. The molecule has 0 aromatic heterocycles. The van der Waals surface area contributed by atoms with Gasteiger partial charge in [0.2, 0.25) is 5.91 Å². The monoisotopic (exact) mass is 252 g/mol. The summed E-state index contributed by atoms with van der Waals surface area (Å²) in [7, 11) is 0. The van der Waals surface area contributed by atoms with Gasteiger partial charge >= 0.3 is 0 Å². The van der Waals surface area contributed by atoms with Crippen molar-refractivity contribution < 1.29 is 13.6 Å². The number of rotatable bonds is 2. The van der Waals surface area contributed by atoms with Crippen molar-refractivity contribution in [3.05, 3.63) is 34.9 Å². The third-order valence-corrected chi connectivity index (χ3v) is 2.40. The van der Waals surface area contributed by atoms with Crippen LogP contribution < -0.4 is 5.32 Å². The molecule has 1 aromatic carbocycles. The molecule has 0 atom stereocenters. The first-order valence-electron chi connectivity index (χ1n) is 5.42. The minimum absolute atomic E-state index is 0.0725. The number of nitrogens with one attached hydrogen (secondary N) is 1. The first-order valence-corrected chi connectivity index (χ1v) is 5.42. The minimum Gasteiger partial charge on any atom is -0.351 e. The highest BCUT2D eigenvalue weighted by Crippen LogP contribution is 2.17. The maximum atomic E-state index is 13.7. The van der Waals surface area contributed by atoms with Crippen molar-refractivity contribution in [2.24, 2.45) is 5.41 Å². The predicted octanol–water partition coefficient (Wildman–Crippen LogP) is 2.50. The van der Waals surface area contributed by atoms with Gasteiger partial charge in [0.15, 0.2) is 0 Å². The third kappa shape index (κ3) is 3.04. The molecular formula is C13H14F2N2O. The summed E-state index contributed by atoms with van der Waals surface area (Å²) < 4.78 is 26.7. The summed E-state index contributed by atoms with van der Waals surface area (Å²) >= 11 is 0. The average molecular weight is 252 g/mol. The zero-order chi connectivity index (χ0) is 13.9. The highest BCUT2D eigenvalue weighted by atomic mass is 19.1. The lowest BCUT2D eigenvalue weighted by atomic mass is 9.95. The zero-order valence-electron chi connectivity index (χ0n) is 10.5. The summed E-state index contributed by atoms with van der Waals surface area (Å²) in [5.41, 5.74) is -1.13. The van der Waals surface area contributed by atoms with Crippen LogP contribution in [0.3, 0.4) is 0 Å². The minimum atomic E-state index is -0.924. The number of nitriles is 1. The summed E-state index contributed by atoms with van der Waals surface area (Å²) in [4.78, 5) is 11.6. The highest BCUT2D eigenvalue weighted by molar-refractivity contribution is 5.81. The lowest BCUT2D eigenvalue weighted by Crippen LogP contribution is -2.34. The molecule has 1 aromatic rings. The molecule has 0 fully saturated rings. The molecule has 1 rings (SSSR count). The van der Waals surface area contributed by atoms with Crippen molar-refractivity contribution in [2.45, 2.75) is 27.3 Å². The number of amides is 1. The Hall–Kier alpha value is -1.96. The molecule has 0 unspecified atom stereocenters. The quantitative estimate of drug-likeness (QED) is 0.879. The van der Waals surface area contributed by atoms with Gasteiger partial charge in [-0.05, 0) is 6.07 Å². The first kappa shape index (κ1) is 14.1. The van der Waals surface area contributed by atoms with E-state index in [2.05, 4.69) is 5.32 Å². The van der Waals surface area contributed by atoms with Crippen LogP contribution in [0.1, 0.15) is 31.9 Å². The summed E-state index contributed by atoms with van der Waals surface area (Å²) in [5.74, 6) is -2.07. The molecule has 0 aliphatic carbocycles. The van der Waals surface area contributed by atoms with Crippen molar-refractivity contribution in [3.8, 4) is 6.07 Å². The average Bonchev–Trinajstić information content (AvgIpc) is 2.27. The van der Waals surface area contributed by atoms with E-state index in [9.17, 15) is 13.6 Å². The van der Waals surface area contributed by atoms with Crippen LogP contribution in [0.5, 0.6) is 0 Å². The second-order valence-electron chi connectivity index (χ2n) is 4.94. The van der Waals surface area contributed by atoms with E-state index in [1.807, 2.05) is 0 Å². The molecule has 0 saturated heterocycles. The van der Waals surface area contributed by atoms with Crippen LogP contribution in [-0.2, 0) is 11.3 Å². The molecule has 0 heterocycles. The molecule has 0 saturated carbocycles. The van der Waals surface area contributed by atoms with Crippen LogP contribution in [0.4, 0.5) is 8.78 Å². The van der Waals surface area contributed by atoms with Crippen LogP contribution in [-0.4, -0.2) is 5.91 Å². The standard InChI is InChI=1S/C13H14F2N2O/c1-13(2,3)12(18)17-7-8-4-5-10(14)9(6-16)11(8)15/h4-5H,7H2,1-3H3,(H,17,18). The zero-order valence-corrected chi connectivity index (χ0v) is 10.5. The van der Waals surface area contributed by atoms with Crippen LogP contribution >= 0.6 is 0 Å². The van der Waals surface area contributed by atoms with Crippen molar-refractivity contribution in [1.82, 2.24) is 5.32 Å². The second-order valence-corrected chi connectivity index (χ2v) is 4.94. The molecule has 18 heavy (non-hydrogen) atoms. The van der Waals surface area contributed by atoms with Gasteiger partial charge in [-0.15, -0.1) is 0 Å². The van der Waals surface area contributed by atoms with Crippen molar-refractivity contribution in [2.75, 3.05) is 0 Å². The topological polar surface area (TPSA) is 52.9 Å². The third-order valence-electron chi connectivity index (χ3n) is 2.40. The first-order chi connectivity index (χ1) is 8.27. The van der Waals surface area contributed by atoms with Gasteiger partial charge in [-0.1, -0.05) is 26.8 Å². The number of hydrogen-bond acceptors (Lipinski definition) is 2. The van der Waals surface area contributed by atoms with E-state index in [-0.39, 0.29) is 18.0 Å². The number of halogens is 2. The van der Waals surface area contributed by atoms with Crippen molar-refractivity contribution in [1.29, 1.82) is 5.26 Å². The van der Waals surface area contributed by atoms with Gasteiger partial charge in [0, 0.05) is 17.5 Å². The number of nitrogens with zero attached hydrogens (tertiary/aromatic N) is 1. The number of hydrogen-bond donors (Lipinski definition) is 1. The molecule has 1 amide bonds. The number of benzene rings is 1. The van der Waals surface area contributed by atoms with Crippen molar-refractivity contribution in [3.63, 3.8) is 0 Å². The fourth-order valence-electron chi connectivity index (χ4n) is 1.28. The normalized spacial score (nSPS) is 10.9. The lowest BCUT2D eigenvalue weighted by Gasteiger charge is -2.17. The van der Waals surface area contributed by atoms with E-state index in [4.69, 9.17) is 5.26 Å². The van der Waals surface area contributed by atoms with E-state index in [0.717, 1.165) is 6.07 Å². The second kappa shape index (κ2) is 5.13. The molecule has 96 valence electrons. The van der Waals surface area contributed by atoms with Crippen LogP contribution in [0.25, 0.3) is 0 Å². The van der Waals surface area contributed by atoms with Gasteiger partial charge in [-0.2, -0.15) is 5.26 Å². The smallest absolute Gasteiger partial charge is 0.225 e. The summed E-state index contributed by atoms with van der Waals surface area (Å²) in [6.07, 6.45) is 0. The van der Waals surface area contributed by atoms with Gasteiger partial charge in [-0.3, -0.25) is 4.79 Å². The van der Waals surface area contributed by atoms with E-state index in [1.165, 1.54) is 12.1 Å². The molecule has 0 aliphatic heterocycles. The predicted molar refractivity (Wildman–Crippen MR) is 62.4 cm³/mol. The SMILES string of the molecule is CC(C)(C)C(=O)NCc1ccc(F)c(C#N)c1F. The Balaban J connectivity index is 2.88. The molecule has 1 N–H and O–H groups in total. The Labute approximate surface area is 104 Å². The Morgan fingerprint density at radius 2 is 2.00 bits per heavy atom. The van der Waals surface area contributed by atoms with Gasteiger partial charge in [-0.25, -0.2) is 8.78 Å². The van der Waals surface area contributed by atoms with Crippen LogP contribution in [0.15, 0.2) is 12.1 Å². The maximum absolute atomic E-state index is 13.7. The fourth-order valence-corrected chi connectivity index (χ4v) is 1.28. The summed E-state index contributed by atoms with van der Waals surface area (Å²) in [5, 5.41) is 11.2. The van der Waals surface area contributed by atoms with Gasteiger partial charge in [0.05, 0.1) is 0 Å².